The van der Waals surface area contributed by atoms with E-state index < -0.39 is 0 Å². The number of nitrogens with zero attached hydrogens (tertiary/aromatic N) is 1. The summed E-state index contributed by atoms with van der Waals surface area (Å²) >= 11 is 3.19. The second-order valence-electron chi connectivity index (χ2n) is 5.38. The van der Waals surface area contributed by atoms with Gasteiger partial charge in [-0.3, -0.25) is 4.90 Å². The first-order valence-corrected chi connectivity index (χ1v) is 7.41. The lowest BCUT2D eigenvalue weighted by molar-refractivity contribution is 0.156. The van der Waals surface area contributed by atoms with Crippen molar-refractivity contribution < 1.29 is 4.39 Å². The summed E-state index contributed by atoms with van der Waals surface area (Å²) in [5.41, 5.74) is 1.07. The van der Waals surface area contributed by atoms with Gasteiger partial charge in [-0.15, -0.1) is 0 Å². The van der Waals surface area contributed by atoms with Crippen LogP contribution in [-0.2, 0) is 6.54 Å². The van der Waals surface area contributed by atoms with E-state index in [2.05, 4.69) is 26.1 Å². The van der Waals surface area contributed by atoms with Gasteiger partial charge in [0.1, 0.15) is 5.82 Å². The summed E-state index contributed by atoms with van der Waals surface area (Å²) in [6.07, 6.45) is 2.51. The van der Waals surface area contributed by atoms with Gasteiger partial charge in [0, 0.05) is 19.1 Å². The maximum Gasteiger partial charge on any atom is 0.137 e. The molecule has 3 rings (SSSR count). The minimum Gasteiger partial charge on any atom is -0.314 e. The molecule has 1 N–H and O–H groups in total. The van der Waals surface area contributed by atoms with Crippen molar-refractivity contribution in [3.05, 3.63) is 34.1 Å². The molecule has 4 heteroatoms. The highest BCUT2D eigenvalue weighted by Crippen LogP contribution is 2.26. The molecule has 2 heterocycles. The Kier molecular flexibility index (Phi) is 3.68. The van der Waals surface area contributed by atoms with Gasteiger partial charge in [-0.1, -0.05) is 6.07 Å². The Hall–Kier alpha value is -0.450. The van der Waals surface area contributed by atoms with Crippen LogP contribution in [0, 0.1) is 11.7 Å². The molecule has 2 saturated heterocycles. The van der Waals surface area contributed by atoms with Crippen LogP contribution in [0.2, 0.25) is 0 Å². The van der Waals surface area contributed by atoms with E-state index in [0.29, 0.717) is 4.47 Å². The van der Waals surface area contributed by atoms with Gasteiger partial charge in [0.05, 0.1) is 4.47 Å². The molecule has 2 fully saturated rings. The van der Waals surface area contributed by atoms with Crippen molar-refractivity contribution in [1.82, 2.24) is 10.2 Å². The number of hydrogen-bond donors (Lipinski definition) is 1. The summed E-state index contributed by atoms with van der Waals surface area (Å²) in [5.74, 6) is 0.629. The standard InChI is InChI=1S/C14H18BrFN2/c15-12-2-1-10(7-13(12)16)8-18-6-4-14-11(9-18)3-5-17-14/h1-2,7,11,14,17H,3-6,8-9H2. The van der Waals surface area contributed by atoms with Gasteiger partial charge >= 0.3 is 0 Å². The zero-order chi connectivity index (χ0) is 12.5. The molecule has 2 unspecified atom stereocenters. The molecule has 0 spiro atoms. The zero-order valence-electron chi connectivity index (χ0n) is 10.3. The Balaban J connectivity index is 1.64. The molecule has 2 aliphatic rings. The molecule has 2 nitrogen and oxygen atoms in total. The Morgan fingerprint density at radius 3 is 3.11 bits per heavy atom. The minimum atomic E-state index is -0.162. The topological polar surface area (TPSA) is 15.3 Å². The molecule has 0 radical (unpaired) electrons. The molecule has 98 valence electrons. The molecule has 0 aromatic heterocycles. The van der Waals surface area contributed by atoms with Gasteiger partial charge in [-0.2, -0.15) is 0 Å². The van der Waals surface area contributed by atoms with Crippen LogP contribution < -0.4 is 5.32 Å². The van der Waals surface area contributed by atoms with E-state index in [1.54, 1.807) is 12.1 Å². The van der Waals surface area contributed by atoms with E-state index in [0.717, 1.165) is 43.7 Å². The van der Waals surface area contributed by atoms with Crippen LogP contribution >= 0.6 is 15.9 Å². The Labute approximate surface area is 116 Å². The van der Waals surface area contributed by atoms with Crippen molar-refractivity contribution in [1.29, 1.82) is 0 Å². The zero-order valence-corrected chi connectivity index (χ0v) is 11.9. The highest BCUT2D eigenvalue weighted by molar-refractivity contribution is 9.10. The second kappa shape index (κ2) is 5.27. The van der Waals surface area contributed by atoms with Gasteiger partial charge in [-0.05, 0) is 65.5 Å². The maximum absolute atomic E-state index is 13.5. The monoisotopic (exact) mass is 312 g/mol. The third-order valence-corrected chi connectivity index (χ3v) is 4.77. The summed E-state index contributed by atoms with van der Waals surface area (Å²) in [4.78, 5) is 2.46. The average Bonchev–Trinajstić information content (AvgIpc) is 2.81. The molecule has 1 aromatic rings. The van der Waals surface area contributed by atoms with E-state index in [1.807, 2.05) is 6.07 Å². The van der Waals surface area contributed by atoms with Gasteiger partial charge in [-0.25, -0.2) is 4.39 Å². The van der Waals surface area contributed by atoms with E-state index in [1.165, 1.54) is 12.8 Å². The van der Waals surface area contributed by atoms with Crippen LogP contribution in [0.4, 0.5) is 4.39 Å². The fourth-order valence-electron chi connectivity index (χ4n) is 3.16. The first-order valence-electron chi connectivity index (χ1n) is 6.62. The maximum atomic E-state index is 13.5. The van der Waals surface area contributed by atoms with Crippen molar-refractivity contribution in [3.8, 4) is 0 Å². The van der Waals surface area contributed by atoms with Crippen molar-refractivity contribution >= 4 is 15.9 Å². The molecule has 0 aliphatic carbocycles. The van der Waals surface area contributed by atoms with Crippen LogP contribution in [0.15, 0.2) is 22.7 Å². The van der Waals surface area contributed by atoms with Crippen LogP contribution in [0.25, 0.3) is 0 Å². The van der Waals surface area contributed by atoms with E-state index in [-0.39, 0.29) is 5.82 Å². The molecule has 0 saturated carbocycles. The number of rotatable bonds is 2. The van der Waals surface area contributed by atoms with Crippen LogP contribution in [-0.4, -0.2) is 30.6 Å². The Bertz CT molecular complexity index is 438. The number of piperidine rings is 1. The van der Waals surface area contributed by atoms with Gasteiger partial charge < -0.3 is 5.32 Å². The number of halogens is 2. The molecule has 0 bridgehead atoms. The molecule has 0 amide bonds. The van der Waals surface area contributed by atoms with E-state index >= 15 is 0 Å². The highest BCUT2D eigenvalue weighted by Gasteiger charge is 2.32. The third-order valence-electron chi connectivity index (χ3n) is 4.13. The molecular formula is C14H18BrFN2. The van der Waals surface area contributed by atoms with Gasteiger partial charge in [0.15, 0.2) is 0 Å². The molecule has 18 heavy (non-hydrogen) atoms. The van der Waals surface area contributed by atoms with E-state index in [4.69, 9.17) is 0 Å². The summed E-state index contributed by atoms with van der Waals surface area (Å²) in [5, 5.41) is 3.57. The van der Waals surface area contributed by atoms with Crippen LogP contribution in [0.3, 0.4) is 0 Å². The van der Waals surface area contributed by atoms with E-state index in [9.17, 15) is 4.39 Å². The van der Waals surface area contributed by atoms with Crippen molar-refractivity contribution in [2.24, 2.45) is 5.92 Å². The van der Waals surface area contributed by atoms with Crippen LogP contribution in [0.5, 0.6) is 0 Å². The van der Waals surface area contributed by atoms with Gasteiger partial charge in [0.2, 0.25) is 0 Å². The second-order valence-corrected chi connectivity index (χ2v) is 6.24. The summed E-state index contributed by atoms with van der Waals surface area (Å²) in [6, 6.07) is 6.17. The normalized spacial score (nSPS) is 28.3. The number of hydrogen-bond acceptors (Lipinski definition) is 2. The number of likely N-dealkylation sites (tertiary alicyclic amines) is 1. The summed E-state index contributed by atoms with van der Waals surface area (Å²) in [6.45, 7) is 4.30. The SMILES string of the molecule is Fc1cc(CN2CCC3NCCC3C2)ccc1Br. The Morgan fingerprint density at radius 2 is 2.28 bits per heavy atom. The number of nitrogens with one attached hydrogen (secondary N) is 1. The minimum absolute atomic E-state index is 0.162. The largest absolute Gasteiger partial charge is 0.314 e. The smallest absolute Gasteiger partial charge is 0.137 e. The first kappa shape index (κ1) is 12.6. The summed E-state index contributed by atoms with van der Waals surface area (Å²) in [7, 11) is 0. The first-order chi connectivity index (χ1) is 8.72. The van der Waals surface area contributed by atoms with Crippen molar-refractivity contribution in [2.45, 2.75) is 25.4 Å². The number of fused-ring (bicyclic) bond motifs is 1. The van der Waals surface area contributed by atoms with Crippen molar-refractivity contribution in [2.75, 3.05) is 19.6 Å². The third kappa shape index (κ3) is 2.60. The average molecular weight is 313 g/mol. The quantitative estimate of drug-likeness (QED) is 0.903. The van der Waals surface area contributed by atoms with Gasteiger partial charge in [0.25, 0.3) is 0 Å². The molecule has 2 aliphatic heterocycles. The number of benzene rings is 1. The fraction of sp³-hybridized carbons (Fsp3) is 0.571. The van der Waals surface area contributed by atoms with Crippen molar-refractivity contribution in [3.63, 3.8) is 0 Å². The lowest BCUT2D eigenvalue weighted by Crippen LogP contribution is -2.43. The van der Waals surface area contributed by atoms with Crippen LogP contribution in [0.1, 0.15) is 18.4 Å². The Morgan fingerprint density at radius 1 is 1.39 bits per heavy atom. The molecule has 1 aromatic carbocycles. The lowest BCUT2D eigenvalue weighted by atomic mass is 9.93. The fourth-order valence-corrected chi connectivity index (χ4v) is 3.41. The lowest BCUT2D eigenvalue weighted by Gasteiger charge is -2.34. The summed E-state index contributed by atoms with van der Waals surface area (Å²) < 4.78 is 14.0. The predicted molar refractivity (Wildman–Crippen MR) is 73.9 cm³/mol. The highest BCUT2D eigenvalue weighted by atomic mass is 79.9. The predicted octanol–water partition coefficient (Wildman–Crippen LogP) is 2.77. The molecular weight excluding hydrogens is 295 g/mol. The molecule has 2 atom stereocenters.